The molecule has 1 aliphatic rings. The molecule has 3 rings (SSSR count). The first-order valence-corrected chi connectivity index (χ1v) is 14.0. The van der Waals surface area contributed by atoms with E-state index in [4.69, 9.17) is 23.2 Å². The van der Waals surface area contributed by atoms with Crippen LogP contribution in [-0.2, 0) is 21.9 Å². The van der Waals surface area contributed by atoms with Crippen LogP contribution >= 0.6 is 35.0 Å². The molecule has 34 heavy (non-hydrogen) atoms. The number of carbonyl (C=O) groups is 2. The van der Waals surface area contributed by atoms with E-state index in [2.05, 4.69) is 36.5 Å². The highest BCUT2D eigenvalue weighted by Crippen LogP contribution is 2.25. The summed E-state index contributed by atoms with van der Waals surface area (Å²) in [6.45, 7) is 4.34. The van der Waals surface area contributed by atoms with Crippen molar-refractivity contribution in [2.24, 2.45) is 0 Å². The van der Waals surface area contributed by atoms with Gasteiger partial charge in [0.2, 0.25) is 11.8 Å². The van der Waals surface area contributed by atoms with E-state index in [9.17, 15) is 9.59 Å². The van der Waals surface area contributed by atoms with Gasteiger partial charge in [-0.25, -0.2) is 0 Å². The molecule has 2 aromatic rings. The van der Waals surface area contributed by atoms with E-state index in [-0.39, 0.29) is 17.9 Å². The Morgan fingerprint density at radius 1 is 1.03 bits per heavy atom. The van der Waals surface area contributed by atoms with Crippen molar-refractivity contribution in [1.82, 2.24) is 10.2 Å². The van der Waals surface area contributed by atoms with Crippen LogP contribution in [-0.4, -0.2) is 34.6 Å². The van der Waals surface area contributed by atoms with Gasteiger partial charge in [-0.1, -0.05) is 85.3 Å². The lowest BCUT2D eigenvalue weighted by Crippen LogP contribution is -2.52. The average Bonchev–Trinajstić information content (AvgIpc) is 2.83. The highest BCUT2D eigenvalue weighted by molar-refractivity contribution is 7.99. The summed E-state index contributed by atoms with van der Waals surface area (Å²) < 4.78 is 0. The maximum Gasteiger partial charge on any atom is 0.243 e. The van der Waals surface area contributed by atoms with Crippen molar-refractivity contribution in [2.45, 2.75) is 76.8 Å². The second-order valence-corrected chi connectivity index (χ2v) is 10.8. The molecule has 0 spiro atoms. The van der Waals surface area contributed by atoms with Gasteiger partial charge >= 0.3 is 0 Å². The Hall–Kier alpha value is -1.69. The SMILES string of the molecule is CC[C@H](C(=O)NC1CCCCC1)N(Cc1ccc(Cl)c(Cl)c1)C(=O)CSCc1ccc(C)cc1. The minimum atomic E-state index is -0.524. The zero-order valence-corrected chi connectivity index (χ0v) is 22.3. The summed E-state index contributed by atoms with van der Waals surface area (Å²) in [6, 6.07) is 13.4. The van der Waals surface area contributed by atoms with Gasteiger partial charge in [-0.05, 0) is 49.4 Å². The lowest BCUT2D eigenvalue weighted by molar-refractivity contribution is -0.139. The molecule has 1 aliphatic carbocycles. The van der Waals surface area contributed by atoms with Crippen LogP contribution in [0.1, 0.15) is 62.1 Å². The standard InChI is InChI=1S/C27H34Cl2N2O2S/c1-3-25(27(33)30-22-7-5-4-6-8-22)31(16-21-13-14-23(28)24(29)15-21)26(32)18-34-17-20-11-9-19(2)10-12-20/h9-15,22,25H,3-8,16-18H2,1-2H3,(H,30,33)/t25-/m1/s1. The summed E-state index contributed by atoms with van der Waals surface area (Å²) in [5.74, 6) is 0.945. The first kappa shape index (κ1) is 26.9. The lowest BCUT2D eigenvalue weighted by Gasteiger charge is -2.33. The number of hydrogen-bond donors (Lipinski definition) is 1. The summed E-state index contributed by atoms with van der Waals surface area (Å²) in [4.78, 5) is 28.4. The van der Waals surface area contributed by atoms with Crippen molar-refractivity contribution < 1.29 is 9.59 Å². The Balaban J connectivity index is 1.71. The van der Waals surface area contributed by atoms with E-state index >= 15 is 0 Å². The van der Waals surface area contributed by atoms with Crippen molar-refractivity contribution in [2.75, 3.05) is 5.75 Å². The molecular weight excluding hydrogens is 487 g/mol. The van der Waals surface area contributed by atoms with Crippen molar-refractivity contribution in [3.63, 3.8) is 0 Å². The van der Waals surface area contributed by atoms with E-state index in [1.165, 1.54) is 17.5 Å². The molecule has 0 aromatic heterocycles. The molecule has 0 bridgehead atoms. The van der Waals surface area contributed by atoms with E-state index in [0.29, 0.717) is 28.8 Å². The number of benzene rings is 2. The summed E-state index contributed by atoms with van der Waals surface area (Å²) in [5, 5.41) is 4.13. The van der Waals surface area contributed by atoms with Gasteiger partial charge in [0.1, 0.15) is 6.04 Å². The van der Waals surface area contributed by atoms with Crippen molar-refractivity contribution in [3.8, 4) is 0 Å². The normalized spacial score (nSPS) is 15.1. The molecule has 7 heteroatoms. The van der Waals surface area contributed by atoms with Gasteiger partial charge < -0.3 is 10.2 Å². The van der Waals surface area contributed by atoms with Crippen molar-refractivity contribution >= 4 is 46.8 Å². The Labute approximate surface area is 217 Å². The Morgan fingerprint density at radius 2 is 1.71 bits per heavy atom. The number of amides is 2. The fourth-order valence-corrected chi connectivity index (χ4v) is 5.51. The second-order valence-electron chi connectivity index (χ2n) is 9.02. The largest absolute Gasteiger partial charge is 0.352 e. The molecule has 1 N–H and O–H groups in total. The summed E-state index contributed by atoms with van der Waals surface area (Å²) >= 11 is 13.9. The average molecular weight is 522 g/mol. The maximum atomic E-state index is 13.4. The van der Waals surface area contributed by atoms with Crippen LogP contribution in [0.5, 0.6) is 0 Å². The summed E-state index contributed by atoms with van der Waals surface area (Å²) in [5.41, 5.74) is 3.25. The topological polar surface area (TPSA) is 49.4 Å². The summed E-state index contributed by atoms with van der Waals surface area (Å²) in [6.07, 6.45) is 6.08. The molecule has 184 valence electrons. The van der Waals surface area contributed by atoms with Crippen LogP contribution in [0.15, 0.2) is 42.5 Å². The third-order valence-electron chi connectivity index (χ3n) is 6.29. The monoisotopic (exact) mass is 520 g/mol. The number of thioether (sulfide) groups is 1. The smallest absolute Gasteiger partial charge is 0.243 e. The highest BCUT2D eigenvalue weighted by Gasteiger charge is 2.30. The minimum absolute atomic E-state index is 0.0474. The van der Waals surface area contributed by atoms with Gasteiger partial charge in [0.15, 0.2) is 0 Å². The number of carbonyl (C=O) groups excluding carboxylic acids is 2. The van der Waals surface area contributed by atoms with Gasteiger partial charge in [0.25, 0.3) is 0 Å². The maximum absolute atomic E-state index is 13.4. The molecule has 1 atom stereocenters. The van der Waals surface area contributed by atoms with Gasteiger partial charge in [0, 0.05) is 18.3 Å². The highest BCUT2D eigenvalue weighted by atomic mass is 35.5. The van der Waals surface area contributed by atoms with Crippen molar-refractivity contribution in [3.05, 3.63) is 69.2 Å². The molecular formula is C27H34Cl2N2O2S. The number of aryl methyl sites for hydroxylation is 1. The third kappa shape index (κ3) is 7.93. The quantitative estimate of drug-likeness (QED) is 0.375. The zero-order chi connectivity index (χ0) is 24.5. The summed E-state index contributed by atoms with van der Waals surface area (Å²) in [7, 11) is 0. The van der Waals surface area contributed by atoms with Gasteiger partial charge in [-0.2, -0.15) is 0 Å². The van der Waals surface area contributed by atoms with Gasteiger partial charge in [-0.3, -0.25) is 9.59 Å². The number of halogens is 2. The van der Waals surface area contributed by atoms with E-state index < -0.39 is 6.04 Å². The molecule has 0 aliphatic heterocycles. The number of hydrogen-bond acceptors (Lipinski definition) is 3. The molecule has 0 heterocycles. The fourth-order valence-electron chi connectivity index (χ4n) is 4.32. The van der Waals surface area contributed by atoms with Crippen LogP contribution in [0.25, 0.3) is 0 Å². The van der Waals surface area contributed by atoms with E-state index in [0.717, 1.165) is 37.0 Å². The second kappa shape index (κ2) is 13.4. The van der Waals surface area contributed by atoms with Crippen LogP contribution < -0.4 is 5.32 Å². The Morgan fingerprint density at radius 3 is 2.35 bits per heavy atom. The first-order chi connectivity index (χ1) is 16.4. The number of nitrogens with zero attached hydrogens (tertiary/aromatic N) is 1. The Bertz CT molecular complexity index is 962. The lowest BCUT2D eigenvalue weighted by atomic mass is 9.95. The third-order valence-corrected chi connectivity index (χ3v) is 8.02. The predicted molar refractivity (Wildman–Crippen MR) is 143 cm³/mol. The van der Waals surface area contributed by atoms with Crippen LogP contribution in [0.3, 0.4) is 0 Å². The van der Waals surface area contributed by atoms with Crippen LogP contribution in [0.4, 0.5) is 0 Å². The minimum Gasteiger partial charge on any atom is -0.352 e. The van der Waals surface area contributed by atoms with Crippen LogP contribution in [0.2, 0.25) is 10.0 Å². The molecule has 4 nitrogen and oxygen atoms in total. The Kier molecular flexibility index (Phi) is 10.6. The molecule has 1 fully saturated rings. The fraction of sp³-hybridized carbons (Fsp3) is 0.481. The number of rotatable bonds is 10. The molecule has 0 saturated heterocycles. The zero-order valence-electron chi connectivity index (χ0n) is 20.0. The molecule has 0 radical (unpaired) electrons. The molecule has 0 unspecified atom stereocenters. The van der Waals surface area contributed by atoms with E-state index in [1.807, 2.05) is 13.0 Å². The van der Waals surface area contributed by atoms with Gasteiger partial charge in [-0.15, -0.1) is 11.8 Å². The van der Waals surface area contributed by atoms with Crippen molar-refractivity contribution in [1.29, 1.82) is 0 Å². The molecule has 1 saturated carbocycles. The first-order valence-electron chi connectivity index (χ1n) is 12.0. The van der Waals surface area contributed by atoms with Crippen LogP contribution in [0, 0.1) is 6.92 Å². The van der Waals surface area contributed by atoms with E-state index in [1.54, 1.807) is 28.8 Å². The number of nitrogens with one attached hydrogen (secondary N) is 1. The predicted octanol–water partition coefficient (Wildman–Crippen LogP) is 6.79. The molecule has 2 amide bonds. The van der Waals surface area contributed by atoms with Gasteiger partial charge in [0.05, 0.1) is 15.8 Å². The molecule has 2 aromatic carbocycles.